The van der Waals surface area contributed by atoms with E-state index in [9.17, 15) is 18.8 Å². The Hall–Kier alpha value is -2.44. The third-order valence-electron chi connectivity index (χ3n) is 5.50. The van der Waals surface area contributed by atoms with Gasteiger partial charge in [0.2, 0.25) is 11.8 Å². The Kier molecular flexibility index (Phi) is 4.05. The molecule has 25 heavy (non-hydrogen) atoms. The van der Waals surface area contributed by atoms with Gasteiger partial charge in [-0.2, -0.15) is 0 Å². The number of esters is 1. The molecule has 1 aromatic carbocycles. The molecule has 0 bridgehead atoms. The monoisotopic (exact) mass is 348 g/mol. The summed E-state index contributed by atoms with van der Waals surface area (Å²) in [5, 5.41) is 0. The number of amides is 2. The molecule has 3 rings (SSSR count). The van der Waals surface area contributed by atoms with Gasteiger partial charge in [-0.3, -0.25) is 14.4 Å². The molecule has 0 aliphatic carbocycles. The van der Waals surface area contributed by atoms with Gasteiger partial charge in [0, 0.05) is 7.05 Å². The Morgan fingerprint density at radius 2 is 1.84 bits per heavy atom. The van der Waals surface area contributed by atoms with Crippen LogP contribution in [0.2, 0.25) is 0 Å². The zero-order chi connectivity index (χ0) is 18.5. The van der Waals surface area contributed by atoms with E-state index >= 15 is 0 Å². The quantitative estimate of drug-likeness (QED) is 0.760. The fraction of sp³-hybridized carbons (Fsp3) is 0.500. The van der Waals surface area contributed by atoms with Crippen molar-refractivity contribution in [2.24, 2.45) is 5.41 Å². The molecular formula is C18H21FN2O4. The van der Waals surface area contributed by atoms with Gasteiger partial charge in [0.1, 0.15) is 17.9 Å². The van der Waals surface area contributed by atoms with Gasteiger partial charge in [-0.1, -0.05) is 12.1 Å². The normalized spacial score (nSPS) is 32.0. The summed E-state index contributed by atoms with van der Waals surface area (Å²) < 4.78 is 18.3. The maximum atomic E-state index is 13.3. The molecule has 0 saturated carbocycles. The lowest BCUT2D eigenvalue weighted by molar-refractivity contribution is -0.160. The first-order valence-corrected chi connectivity index (χ1v) is 8.15. The average Bonchev–Trinajstić information content (AvgIpc) is 2.93. The number of ether oxygens (including phenoxy) is 1. The highest BCUT2D eigenvalue weighted by Gasteiger charge is 2.61. The summed E-state index contributed by atoms with van der Waals surface area (Å²) in [4.78, 5) is 41.1. The van der Waals surface area contributed by atoms with Gasteiger partial charge in [-0.25, -0.2) is 4.39 Å². The van der Waals surface area contributed by atoms with Crippen molar-refractivity contribution in [3.8, 4) is 0 Å². The van der Waals surface area contributed by atoms with Crippen molar-refractivity contribution in [2.75, 3.05) is 14.2 Å². The molecule has 2 aliphatic rings. The van der Waals surface area contributed by atoms with Crippen LogP contribution in [0.4, 0.5) is 4.39 Å². The molecule has 4 unspecified atom stereocenters. The average molecular weight is 348 g/mol. The molecule has 2 amide bonds. The SMILES string of the molecule is COC(=O)C1(C)CC2C(=O)N(C)C(C)C(=O)N2C1c1ccc(F)cc1. The summed E-state index contributed by atoms with van der Waals surface area (Å²) in [6.07, 6.45) is 0.170. The first kappa shape index (κ1) is 17.4. The van der Waals surface area contributed by atoms with Crippen LogP contribution >= 0.6 is 0 Å². The van der Waals surface area contributed by atoms with Crippen LogP contribution in [-0.4, -0.2) is 53.8 Å². The van der Waals surface area contributed by atoms with E-state index in [2.05, 4.69) is 0 Å². The molecule has 2 aliphatic heterocycles. The standard InChI is InChI=1S/C18H21FN2O4/c1-10-15(22)21-13(16(23)20(10)3)9-18(2,17(24)25-4)14(21)11-5-7-12(19)8-6-11/h5-8,10,13-14H,9H2,1-4H3. The summed E-state index contributed by atoms with van der Waals surface area (Å²) in [6, 6.07) is 3.63. The number of hydrogen-bond donors (Lipinski definition) is 0. The van der Waals surface area contributed by atoms with E-state index in [0.29, 0.717) is 5.56 Å². The maximum absolute atomic E-state index is 13.3. The number of piperazine rings is 1. The van der Waals surface area contributed by atoms with Crippen molar-refractivity contribution in [1.29, 1.82) is 0 Å². The van der Waals surface area contributed by atoms with Gasteiger partial charge in [0.05, 0.1) is 18.6 Å². The number of rotatable bonds is 2. The minimum absolute atomic E-state index is 0.170. The number of halogens is 1. The van der Waals surface area contributed by atoms with Gasteiger partial charge in [0.25, 0.3) is 0 Å². The van der Waals surface area contributed by atoms with E-state index in [1.807, 2.05) is 0 Å². The van der Waals surface area contributed by atoms with E-state index in [4.69, 9.17) is 4.74 Å². The molecule has 0 aromatic heterocycles. The van der Waals surface area contributed by atoms with Crippen molar-refractivity contribution < 1.29 is 23.5 Å². The number of nitrogens with zero attached hydrogens (tertiary/aromatic N) is 2. The van der Waals surface area contributed by atoms with Gasteiger partial charge in [-0.15, -0.1) is 0 Å². The molecular weight excluding hydrogens is 327 g/mol. The molecule has 7 heteroatoms. The maximum Gasteiger partial charge on any atom is 0.314 e. The predicted octanol–water partition coefficient (Wildman–Crippen LogP) is 1.51. The van der Waals surface area contributed by atoms with E-state index < -0.39 is 35.3 Å². The Morgan fingerprint density at radius 1 is 1.24 bits per heavy atom. The second-order valence-corrected chi connectivity index (χ2v) is 6.95. The smallest absolute Gasteiger partial charge is 0.314 e. The Bertz CT molecular complexity index is 735. The Morgan fingerprint density at radius 3 is 2.40 bits per heavy atom. The molecule has 4 atom stereocenters. The third kappa shape index (κ3) is 2.41. The number of methoxy groups -OCH3 is 1. The highest BCUT2D eigenvalue weighted by atomic mass is 19.1. The molecule has 134 valence electrons. The molecule has 2 heterocycles. The highest BCUT2D eigenvalue weighted by Crippen LogP contribution is 2.52. The minimum atomic E-state index is -1.09. The number of carbonyl (C=O) groups excluding carboxylic acids is 3. The summed E-state index contributed by atoms with van der Waals surface area (Å²) in [7, 11) is 2.87. The molecule has 2 fully saturated rings. The second kappa shape index (κ2) is 5.82. The summed E-state index contributed by atoms with van der Waals surface area (Å²) in [5.74, 6) is -1.33. The number of benzene rings is 1. The van der Waals surface area contributed by atoms with Crippen molar-refractivity contribution in [2.45, 2.75) is 38.4 Å². The largest absolute Gasteiger partial charge is 0.469 e. The summed E-state index contributed by atoms with van der Waals surface area (Å²) in [5.41, 5.74) is -0.484. The van der Waals surface area contributed by atoms with Crippen LogP contribution in [0.25, 0.3) is 0 Å². The first-order valence-electron chi connectivity index (χ1n) is 8.15. The van der Waals surface area contributed by atoms with Crippen molar-refractivity contribution in [3.05, 3.63) is 35.6 Å². The van der Waals surface area contributed by atoms with Crippen LogP contribution in [0.1, 0.15) is 31.9 Å². The third-order valence-corrected chi connectivity index (χ3v) is 5.50. The zero-order valence-electron chi connectivity index (χ0n) is 14.7. The summed E-state index contributed by atoms with van der Waals surface area (Å²) in [6.45, 7) is 3.35. The molecule has 2 saturated heterocycles. The van der Waals surface area contributed by atoms with Crippen LogP contribution in [0.5, 0.6) is 0 Å². The molecule has 0 N–H and O–H groups in total. The van der Waals surface area contributed by atoms with Crippen molar-refractivity contribution in [3.63, 3.8) is 0 Å². The highest BCUT2D eigenvalue weighted by molar-refractivity contribution is 5.99. The molecule has 0 radical (unpaired) electrons. The van der Waals surface area contributed by atoms with Crippen LogP contribution in [0, 0.1) is 11.2 Å². The van der Waals surface area contributed by atoms with E-state index in [0.717, 1.165) is 0 Å². The van der Waals surface area contributed by atoms with Gasteiger partial charge < -0.3 is 14.5 Å². The number of carbonyl (C=O) groups is 3. The number of fused-ring (bicyclic) bond motifs is 1. The van der Waals surface area contributed by atoms with E-state index in [1.54, 1.807) is 33.0 Å². The van der Waals surface area contributed by atoms with Gasteiger partial charge in [-0.05, 0) is 38.0 Å². The Labute approximate surface area is 145 Å². The van der Waals surface area contributed by atoms with Gasteiger partial charge in [0.15, 0.2) is 0 Å². The fourth-order valence-corrected chi connectivity index (χ4v) is 3.99. The predicted molar refractivity (Wildman–Crippen MR) is 86.7 cm³/mol. The van der Waals surface area contributed by atoms with Gasteiger partial charge >= 0.3 is 5.97 Å². The number of likely N-dealkylation sites (N-methyl/N-ethyl adjacent to an activating group) is 1. The van der Waals surface area contributed by atoms with Crippen LogP contribution in [-0.2, 0) is 19.1 Å². The number of hydrogen-bond acceptors (Lipinski definition) is 4. The molecule has 0 spiro atoms. The van der Waals surface area contributed by atoms with Crippen LogP contribution in [0.3, 0.4) is 0 Å². The zero-order valence-corrected chi connectivity index (χ0v) is 14.7. The lowest BCUT2D eigenvalue weighted by atomic mass is 9.78. The Balaban J connectivity index is 2.15. The minimum Gasteiger partial charge on any atom is -0.469 e. The van der Waals surface area contributed by atoms with Crippen LogP contribution in [0.15, 0.2) is 24.3 Å². The topological polar surface area (TPSA) is 66.9 Å². The fourth-order valence-electron chi connectivity index (χ4n) is 3.99. The van der Waals surface area contributed by atoms with Crippen LogP contribution < -0.4 is 0 Å². The second-order valence-electron chi connectivity index (χ2n) is 6.95. The summed E-state index contributed by atoms with van der Waals surface area (Å²) >= 11 is 0. The van der Waals surface area contributed by atoms with Crippen molar-refractivity contribution in [1.82, 2.24) is 9.80 Å². The first-order chi connectivity index (χ1) is 11.7. The molecule has 1 aromatic rings. The van der Waals surface area contributed by atoms with E-state index in [1.165, 1.54) is 29.0 Å². The van der Waals surface area contributed by atoms with Crippen molar-refractivity contribution >= 4 is 17.8 Å². The van der Waals surface area contributed by atoms with E-state index in [-0.39, 0.29) is 18.2 Å². The lowest BCUT2D eigenvalue weighted by Gasteiger charge is -2.42. The lowest BCUT2D eigenvalue weighted by Crippen LogP contribution is -2.60. The molecule has 6 nitrogen and oxygen atoms in total.